The Bertz CT molecular complexity index is 989. The molecule has 1 aromatic heterocycles. The molecule has 2 aromatic rings. The fourth-order valence-corrected chi connectivity index (χ4v) is 4.40. The first-order chi connectivity index (χ1) is 14.4. The summed E-state index contributed by atoms with van der Waals surface area (Å²) in [5, 5.41) is 5.68. The van der Waals surface area contributed by atoms with Crippen LogP contribution in [0.4, 0.5) is 5.69 Å². The quantitative estimate of drug-likeness (QED) is 0.598. The maximum Gasteiger partial charge on any atom is 0.283 e. The first-order valence-electron chi connectivity index (χ1n) is 9.37. The smallest absolute Gasteiger partial charge is 0.283 e. The average Bonchev–Trinajstić information content (AvgIpc) is 3.34. The van der Waals surface area contributed by atoms with Crippen LogP contribution in [0.5, 0.6) is 5.75 Å². The lowest BCUT2D eigenvalue weighted by Crippen LogP contribution is -2.35. The molecule has 30 heavy (non-hydrogen) atoms. The lowest BCUT2D eigenvalue weighted by molar-refractivity contribution is -0.119. The van der Waals surface area contributed by atoms with Crippen LogP contribution in [-0.4, -0.2) is 35.9 Å². The van der Waals surface area contributed by atoms with Gasteiger partial charge in [0.2, 0.25) is 5.91 Å². The van der Waals surface area contributed by atoms with Crippen LogP contribution in [0.25, 0.3) is 6.08 Å². The van der Waals surface area contributed by atoms with Gasteiger partial charge >= 0.3 is 0 Å². The first kappa shape index (κ1) is 22.4. The van der Waals surface area contributed by atoms with Crippen molar-refractivity contribution in [3.8, 4) is 5.75 Å². The number of anilines is 1. The molecule has 0 fully saturated rings. The Kier molecular flexibility index (Phi) is 7.58. The third kappa shape index (κ3) is 5.24. The largest absolute Gasteiger partial charge is 0.495 e. The van der Waals surface area contributed by atoms with Crippen LogP contribution >= 0.6 is 34.7 Å². The number of rotatable bonds is 7. The molecule has 1 atom stereocenters. The zero-order valence-corrected chi connectivity index (χ0v) is 19.2. The number of thioether (sulfide) groups is 1. The molecule has 1 aliphatic heterocycles. The van der Waals surface area contributed by atoms with Crippen molar-refractivity contribution in [2.75, 3.05) is 17.8 Å². The van der Waals surface area contributed by atoms with Gasteiger partial charge < -0.3 is 10.1 Å². The van der Waals surface area contributed by atoms with Gasteiger partial charge in [-0.3, -0.25) is 14.5 Å². The van der Waals surface area contributed by atoms with Gasteiger partial charge in [0.1, 0.15) is 11.4 Å². The maximum absolute atomic E-state index is 13.1. The molecular weight excluding hydrogens is 442 g/mol. The monoisotopic (exact) mass is 463 g/mol. The second kappa shape index (κ2) is 10.1. The minimum absolute atomic E-state index is 0.0935. The highest BCUT2D eigenvalue weighted by Gasteiger charge is 2.33. The third-order valence-electron chi connectivity index (χ3n) is 4.40. The summed E-state index contributed by atoms with van der Waals surface area (Å²) in [5.74, 6) is 0.297. The number of nitrogens with one attached hydrogen (secondary N) is 1. The molecule has 2 amide bonds. The number of amides is 2. The number of benzene rings is 1. The van der Waals surface area contributed by atoms with Gasteiger partial charge in [0.15, 0.2) is 5.17 Å². The molecule has 0 radical (unpaired) electrons. The zero-order chi connectivity index (χ0) is 21.7. The summed E-state index contributed by atoms with van der Waals surface area (Å²) in [6.45, 7) is 3.96. The van der Waals surface area contributed by atoms with E-state index >= 15 is 0 Å². The molecule has 0 aliphatic carbocycles. The van der Waals surface area contributed by atoms with E-state index in [1.54, 1.807) is 24.3 Å². The van der Waals surface area contributed by atoms with Gasteiger partial charge in [0, 0.05) is 10.9 Å². The predicted molar refractivity (Wildman–Crippen MR) is 126 cm³/mol. The maximum atomic E-state index is 13.1. The van der Waals surface area contributed by atoms with Crippen LogP contribution in [0.2, 0.25) is 5.02 Å². The number of nitrogens with zero attached hydrogens (tertiary/aromatic N) is 2. The molecule has 9 heteroatoms. The number of hydrogen-bond acceptors (Lipinski definition) is 6. The third-order valence-corrected chi connectivity index (χ3v) is 6.45. The number of methoxy groups -OCH3 is 1. The van der Waals surface area contributed by atoms with E-state index in [1.165, 1.54) is 35.1 Å². The van der Waals surface area contributed by atoms with E-state index in [2.05, 4.69) is 10.3 Å². The molecule has 3 rings (SSSR count). The van der Waals surface area contributed by atoms with E-state index in [1.807, 2.05) is 31.4 Å². The zero-order valence-electron chi connectivity index (χ0n) is 16.8. The number of halogens is 1. The van der Waals surface area contributed by atoms with Gasteiger partial charge in [-0.25, -0.2) is 4.99 Å². The van der Waals surface area contributed by atoms with E-state index in [0.29, 0.717) is 27.3 Å². The normalized spacial score (nSPS) is 16.0. The van der Waals surface area contributed by atoms with Crippen molar-refractivity contribution >= 4 is 63.4 Å². The van der Waals surface area contributed by atoms with Crippen molar-refractivity contribution in [3.05, 3.63) is 51.3 Å². The minimum atomic E-state index is -0.269. The summed E-state index contributed by atoms with van der Waals surface area (Å²) in [6.07, 6.45) is 2.60. The molecule has 0 spiro atoms. The van der Waals surface area contributed by atoms with Crippen molar-refractivity contribution in [1.29, 1.82) is 0 Å². The van der Waals surface area contributed by atoms with Crippen molar-refractivity contribution in [1.82, 2.24) is 5.32 Å². The second-order valence-electron chi connectivity index (χ2n) is 6.56. The molecule has 0 saturated carbocycles. The Balaban J connectivity index is 1.88. The highest BCUT2D eigenvalue weighted by molar-refractivity contribution is 8.14. The molecule has 6 nitrogen and oxygen atoms in total. The molecule has 0 bridgehead atoms. The Morgan fingerprint density at radius 2 is 2.23 bits per heavy atom. The topological polar surface area (TPSA) is 71.0 Å². The van der Waals surface area contributed by atoms with E-state index in [9.17, 15) is 9.59 Å². The minimum Gasteiger partial charge on any atom is -0.495 e. The van der Waals surface area contributed by atoms with Gasteiger partial charge in [0.25, 0.3) is 5.91 Å². The van der Waals surface area contributed by atoms with Crippen LogP contribution in [0.1, 0.15) is 25.1 Å². The molecule has 1 aliphatic rings. The fraction of sp³-hybridized carbons (Fsp3) is 0.286. The number of hydrogen-bond donors (Lipinski definition) is 1. The van der Waals surface area contributed by atoms with Gasteiger partial charge in [-0.1, -0.05) is 36.4 Å². The number of amidine groups is 1. The van der Waals surface area contributed by atoms with Crippen molar-refractivity contribution in [3.63, 3.8) is 0 Å². The Labute approximate surface area is 189 Å². The summed E-state index contributed by atoms with van der Waals surface area (Å²) < 4.78 is 5.20. The Hall–Kier alpha value is -2.29. The summed E-state index contributed by atoms with van der Waals surface area (Å²) >= 11 is 9.00. The Morgan fingerprint density at radius 3 is 2.87 bits per heavy atom. The SMILES string of the molecule is CCC(C)NC(=O)CSC1=N/C(=C\c2cccs2)C(=O)N1c1ccc(OC)c(Cl)c1. The number of thiophene rings is 1. The molecule has 1 aromatic carbocycles. The van der Waals surface area contributed by atoms with Gasteiger partial charge in [-0.15, -0.1) is 11.3 Å². The van der Waals surface area contributed by atoms with Crippen LogP contribution in [-0.2, 0) is 9.59 Å². The second-order valence-corrected chi connectivity index (χ2v) is 8.89. The van der Waals surface area contributed by atoms with Crippen LogP contribution in [0, 0.1) is 0 Å². The van der Waals surface area contributed by atoms with Gasteiger partial charge in [-0.05, 0) is 49.1 Å². The number of carbonyl (C=O) groups is 2. The lowest BCUT2D eigenvalue weighted by Gasteiger charge is -2.19. The molecule has 158 valence electrons. The molecule has 2 heterocycles. The van der Waals surface area contributed by atoms with E-state index in [4.69, 9.17) is 16.3 Å². The highest BCUT2D eigenvalue weighted by Crippen LogP contribution is 2.34. The van der Waals surface area contributed by atoms with Crippen molar-refractivity contribution < 1.29 is 14.3 Å². The summed E-state index contributed by atoms with van der Waals surface area (Å²) in [5.41, 5.74) is 0.878. The van der Waals surface area contributed by atoms with Crippen molar-refractivity contribution in [2.24, 2.45) is 4.99 Å². The molecule has 0 saturated heterocycles. The Morgan fingerprint density at radius 1 is 1.43 bits per heavy atom. The van der Waals surface area contributed by atoms with Crippen LogP contribution < -0.4 is 15.0 Å². The highest BCUT2D eigenvalue weighted by atomic mass is 35.5. The summed E-state index contributed by atoms with van der Waals surface area (Å²) in [4.78, 5) is 32.3. The predicted octanol–water partition coefficient (Wildman–Crippen LogP) is 4.80. The average molecular weight is 464 g/mol. The fourth-order valence-electron chi connectivity index (χ4n) is 2.67. The standard InChI is InChI=1S/C21H22ClN3O3S2/c1-4-13(2)23-19(26)12-30-21-24-17(11-15-6-5-9-29-15)20(27)25(21)14-7-8-18(28-3)16(22)10-14/h5-11,13H,4,12H2,1-3H3,(H,23,26)/b17-11-. The van der Waals surface area contributed by atoms with Crippen LogP contribution in [0.3, 0.4) is 0 Å². The van der Waals surface area contributed by atoms with Crippen molar-refractivity contribution in [2.45, 2.75) is 26.3 Å². The first-order valence-corrected chi connectivity index (χ1v) is 11.6. The van der Waals surface area contributed by atoms with Gasteiger partial charge in [0.05, 0.1) is 23.6 Å². The number of carbonyl (C=O) groups excluding carboxylic acids is 2. The number of aliphatic imine (C=N–C) groups is 1. The molecule has 1 unspecified atom stereocenters. The molecular formula is C21H22ClN3O3S2. The van der Waals surface area contributed by atoms with E-state index in [-0.39, 0.29) is 23.6 Å². The number of ether oxygens (including phenoxy) is 1. The summed E-state index contributed by atoms with van der Waals surface area (Å²) in [7, 11) is 1.53. The van der Waals surface area contributed by atoms with E-state index in [0.717, 1.165) is 11.3 Å². The lowest BCUT2D eigenvalue weighted by atomic mass is 10.2. The van der Waals surface area contributed by atoms with E-state index < -0.39 is 0 Å². The van der Waals surface area contributed by atoms with Gasteiger partial charge in [-0.2, -0.15) is 0 Å². The van der Waals surface area contributed by atoms with Crippen LogP contribution in [0.15, 0.2) is 46.4 Å². The molecule has 1 N–H and O–H groups in total. The summed E-state index contributed by atoms with van der Waals surface area (Å²) in [6, 6.07) is 9.02.